The Bertz CT molecular complexity index is 393. The lowest BCUT2D eigenvalue weighted by atomic mass is 10.4. The standard InChI is InChI=1S/C6H7NO5S/c1-4-3-6(9)7(5(2)8)13(10,11)12-4/h3H,1-2H3. The molecule has 0 atom stereocenters. The van der Waals surface area contributed by atoms with E-state index in [1.807, 2.05) is 0 Å². The van der Waals surface area contributed by atoms with Crippen LogP contribution in [0.4, 0.5) is 0 Å². The van der Waals surface area contributed by atoms with Gasteiger partial charge in [-0.05, 0) is 6.92 Å². The molecule has 0 fully saturated rings. The molecule has 7 heteroatoms. The van der Waals surface area contributed by atoms with Gasteiger partial charge >= 0.3 is 10.3 Å². The average Bonchev–Trinajstić information content (AvgIpc) is 1.78. The highest BCUT2D eigenvalue weighted by Gasteiger charge is 2.36. The predicted octanol–water partition coefficient (Wildman–Crippen LogP) is -0.460. The highest BCUT2D eigenvalue weighted by Crippen LogP contribution is 2.16. The molecule has 0 aromatic rings. The van der Waals surface area contributed by atoms with Gasteiger partial charge in [0.1, 0.15) is 5.76 Å². The van der Waals surface area contributed by atoms with Crippen LogP contribution in [0.2, 0.25) is 0 Å². The van der Waals surface area contributed by atoms with E-state index in [9.17, 15) is 18.0 Å². The summed E-state index contributed by atoms with van der Waals surface area (Å²) in [5, 5.41) is 0. The minimum Gasteiger partial charge on any atom is -0.371 e. The van der Waals surface area contributed by atoms with Crippen molar-refractivity contribution in [2.75, 3.05) is 0 Å². The van der Waals surface area contributed by atoms with E-state index in [0.717, 1.165) is 13.0 Å². The lowest BCUT2D eigenvalue weighted by Gasteiger charge is -2.21. The molecule has 1 rings (SSSR count). The van der Waals surface area contributed by atoms with Gasteiger partial charge in [0, 0.05) is 13.0 Å². The number of allylic oxidation sites excluding steroid dienone is 1. The number of hydrogen-bond acceptors (Lipinski definition) is 5. The van der Waals surface area contributed by atoms with Crippen LogP contribution in [0.5, 0.6) is 0 Å². The highest BCUT2D eigenvalue weighted by atomic mass is 32.2. The summed E-state index contributed by atoms with van der Waals surface area (Å²) in [5.41, 5.74) is 0. The summed E-state index contributed by atoms with van der Waals surface area (Å²) in [6.07, 6.45) is 0.933. The maximum absolute atomic E-state index is 11.1. The van der Waals surface area contributed by atoms with E-state index in [-0.39, 0.29) is 10.1 Å². The number of nitrogens with zero attached hydrogens (tertiary/aromatic N) is 1. The quantitative estimate of drug-likeness (QED) is 0.534. The van der Waals surface area contributed by atoms with E-state index in [2.05, 4.69) is 4.18 Å². The van der Waals surface area contributed by atoms with E-state index in [1.165, 1.54) is 6.92 Å². The zero-order valence-electron chi connectivity index (χ0n) is 6.97. The number of hydrogen-bond donors (Lipinski definition) is 0. The summed E-state index contributed by atoms with van der Waals surface area (Å²) in [5.74, 6) is -1.85. The van der Waals surface area contributed by atoms with Crippen LogP contribution in [0.15, 0.2) is 11.8 Å². The van der Waals surface area contributed by atoms with Crippen LogP contribution >= 0.6 is 0 Å². The van der Waals surface area contributed by atoms with Gasteiger partial charge < -0.3 is 4.18 Å². The van der Waals surface area contributed by atoms with Gasteiger partial charge in [0.05, 0.1) is 0 Å². The van der Waals surface area contributed by atoms with Crippen molar-refractivity contribution in [3.8, 4) is 0 Å². The molecule has 2 amide bonds. The second kappa shape index (κ2) is 2.84. The van der Waals surface area contributed by atoms with Gasteiger partial charge in [-0.2, -0.15) is 8.42 Å². The zero-order chi connectivity index (χ0) is 10.2. The molecule has 0 aromatic carbocycles. The number of amides is 2. The topological polar surface area (TPSA) is 80.8 Å². The second-order valence-corrected chi connectivity index (χ2v) is 3.80. The molecule has 72 valence electrons. The molecule has 0 unspecified atom stereocenters. The monoisotopic (exact) mass is 205 g/mol. The Labute approximate surface area is 75.0 Å². The molecular weight excluding hydrogens is 198 g/mol. The van der Waals surface area contributed by atoms with Crippen LogP contribution in [-0.2, 0) is 24.1 Å². The SMILES string of the molecule is CC(=O)N1C(=O)C=C(C)OS1(=O)=O. The van der Waals surface area contributed by atoms with Crippen LogP contribution in [0.3, 0.4) is 0 Å². The summed E-state index contributed by atoms with van der Waals surface area (Å²) in [7, 11) is -4.26. The molecule has 1 aliphatic heterocycles. The number of rotatable bonds is 0. The van der Waals surface area contributed by atoms with Crippen molar-refractivity contribution in [1.82, 2.24) is 4.31 Å². The molecular formula is C6H7NO5S. The summed E-state index contributed by atoms with van der Waals surface area (Å²) in [4.78, 5) is 21.8. The van der Waals surface area contributed by atoms with Crippen LogP contribution in [0, 0.1) is 0 Å². The zero-order valence-corrected chi connectivity index (χ0v) is 7.79. The minimum atomic E-state index is -4.26. The third kappa shape index (κ3) is 1.69. The van der Waals surface area contributed by atoms with Gasteiger partial charge in [0.15, 0.2) is 0 Å². The molecule has 0 aromatic heterocycles. The fraction of sp³-hybridized carbons (Fsp3) is 0.333. The van der Waals surface area contributed by atoms with Gasteiger partial charge in [-0.25, -0.2) is 0 Å². The van der Waals surface area contributed by atoms with Gasteiger partial charge in [-0.1, -0.05) is 0 Å². The van der Waals surface area contributed by atoms with Gasteiger partial charge in [-0.15, -0.1) is 4.31 Å². The number of imide groups is 1. The first-order chi connectivity index (χ1) is 5.84. The Morgan fingerprint density at radius 1 is 1.54 bits per heavy atom. The summed E-state index contributed by atoms with van der Waals surface area (Å²) in [6.45, 7) is 2.28. The molecule has 1 aliphatic rings. The summed E-state index contributed by atoms with van der Waals surface area (Å²) < 4.78 is 26.5. The van der Waals surface area contributed by atoms with Crippen molar-refractivity contribution < 1.29 is 22.2 Å². The lowest BCUT2D eigenvalue weighted by Crippen LogP contribution is -2.42. The molecule has 0 saturated heterocycles. The molecule has 0 bridgehead atoms. The first kappa shape index (κ1) is 9.72. The third-order valence-corrected chi connectivity index (χ3v) is 2.63. The Hall–Kier alpha value is -1.37. The van der Waals surface area contributed by atoms with E-state index < -0.39 is 22.1 Å². The molecule has 13 heavy (non-hydrogen) atoms. The molecule has 0 spiro atoms. The first-order valence-corrected chi connectivity index (χ1v) is 4.68. The van der Waals surface area contributed by atoms with Crippen molar-refractivity contribution in [3.05, 3.63) is 11.8 Å². The van der Waals surface area contributed by atoms with E-state index >= 15 is 0 Å². The van der Waals surface area contributed by atoms with Crippen LogP contribution in [-0.4, -0.2) is 24.5 Å². The third-order valence-electron chi connectivity index (χ3n) is 1.27. The normalized spacial score (nSPS) is 20.6. The summed E-state index contributed by atoms with van der Waals surface area (Å²) >= 11 is 0. The lowest BCUT2D eigenvalue weighted by molar-refractivity contribution is -0.135. The molecule has 0 aliphatic carbocycles. The first-order valence-electron chi connectivity index (χ1n) is 3.32. The Morgan fingerprint density at radius 3 is 2.46 bits per heavy atom. The minimum absolute atomic E-state index is 0.0532. The Kier molecular flexibility index (Phi) is 2.12. The summed E-state index contributed by atoms with van der Waals surface area (Å²) in [6, 6.07) is 0. The van der Waals surface area contributed by atoms with Crippen LogP contribution in [0.1, 0.15) is 13.8 Å². The van der Waals surface area contributed by atoms with Crippen molar-refractivity contribution in [2.45, 2.75) is 13.8 Å². The fourth-order valence-electron chi connectivity index (χ4n) is 0.883. The smallest absolute Gasteiger partial charge is 0.371 e. The predicted molar refractivity (Wildman–Crippen MR) is 41.3 cm³/mol. The maximum atomic E-state index is 11.1. The van der Waals surface area contributed by atoms with E-state index in [1.54, 1.807) is 0 Å². The second-order valence-electron chi connectivity index (χ2n) is 2.42. The highest BCUT2D eigenvalue weighted by molar-refractivity contribution is 7.85. The maximum Gasteiger partial charge on any atom is 0.418 e. The van der Waals surface area contributed by atoms with Crippen LogP contribution in [0.25, 0.3) is 0 Å². The van der Waals surface area contributed by atoms with Crippen molar-refractivity contribution in [1.29, 1.82) is 0 Å². The molecule has 6 nitrogen and oxygen atoms in total. The Morgan fingerprint density at radius 2 is 2.08 bits per heavy atom. The average molecular weight is 205 g/mol. The molecule has 0 N–H and O–H groups in total. The fourth-order valence-corrected chi connectivity index (χ4v) is 1.93. The van der Waals surface area contributed by atoms with Gasteiger partial charge in [0.2, 0.25) is 5.91 Å². The largest absolute Gasteiger partial charge is 0.418 e. The van der Waals surface area contributed by atoms with Crippen molar-refractivity contribution in [3.63, 3.8) is 0 Å². The van der Waals surface area contributed by atoms with Gasteiger partial charge in [-0.3, -0.25) is 9.59 Å². The van der Waals surface area contributed by atoms with Crippen LogP contribution < -0.4 is 0 Å². The molecule has 1 heterocycles. The Balaban J connectivity index is 3.24. The van der Waals surface area contributed by atoms with Gasteiger partial charge in [0.25, 0.3) is 5.91 Å². The number of carbonyl (C=O) groups excluding carboxylic acids is 2. The van der Waals surface area contributed by atoms with Crippen molar-refractivity contribution >= 4 is 22.1 Å². The molecule has 0 radical (unpaired) electrons. The number of carbonyl (C=O) groups is 2. The van der Waals surface area contributed by atoms with E-state index in [4.69, 9.17) is 0 Å². The van der Waals surface area contributed by atoms with Crippen molar-refractivity contribution in [2.24, 2.45) is 0 Å². The van der Waals surface area contributed by atoms with E-state index in [0.29, 0.717) is 0 Å². The molecule has 0 saturated carbocycles.